The van der Waals surface area contributed by atoms with E-state index in [1.807, 2.05) is 19.0 Å². The Hall–Kier alpha value is -1.00. The number of hydrogen-bond donors (Lipinski definition) is 2. The van der Waals surface area contributed by atoms with Gasteiger partial charge in [-0.1, -0.05) is 25.3 Å². The van der Waals surface area contributed by atoms with Crippen molar-refractivity contribution in [3.8, 4) is 0 Å². The van der Waals surface area contributed by atoms with E-state index in [1.54, 1.807) is 7.05 Å². The van der Waals surface area contributed by atoms with E-state index in [-0.39, 0.29) is 29.5 Å². The Kier molecular flexibility index (Phi) is 10.9. The molecule has 0 bridgehead atoms. The first-order valence-electron chi connectivity index (χ1n) is 11.3. The first kappa shape index (κ1) is 26.3. The Morgan fingerprint density at radius 2 is 1.71 bits per heavy atom. The molecule has 1 atom stereocenters. The van der Waals surface area contributed by atoms with Gasteiger partial charge in [-0.3, -0.25) is 4.99 Å². The molecule has 2 N–H and O–H groups in total. The van der Waals surface area contributed by atoms with Crippen molar-refractivity contribution < 1.29 is 8.78 Å². The van der Waals surface area contributed by atoms with Crippen LogP contribution in [0.2, 0.25) is 0 Å². The highest BCUT2D eigenvalue weighted by atomic mass is 127. The van der Waals surface area contributed by atoms with Gasteiger partial charge in [0.2, 0.25) is 0 Å². The number of piperidine rings is 1. The summed E-state index contributed by atoms with van der Waals surface area (Å²) in [5.41, 5.74) is 0.0891. The van der Waals surface area contributed by atoms with Crippen molar-refractivity contribution in [1.82, 2.24) is 20.4 Å². The highest BCUT2D eigenvalue weighted by molar-refractivity contribution is 14.0. The Morgan fingerprint density at radius 1 is 1.10 bits per heavy atom. The normalized spacial score (nSPS) is 20.4. The van der Waals surface area contributed by atoms with Crippen molar-refractivity contribution in [2.24, 2.45) is 4.99 Å². The molecule has 31 heavy (non-hydrogen) atoms. The minimum atomic E-state index is -0.520. The molecule has 0 radical (unpaired) electrons. The van der Waals surface area contributed by atoms with Crippen LogP contribution in [-0.4, -0.2) is 68.6 Å². The molecule has 1 heterocycles. The number of halogens is 3. The molecule has 1 aliphatic heterocycles. The van der Waals surface area contributed by atoms with Crippen LogP contribution < -0.4 is 10.6 Å². The number of rotatable bonds is 6. The van der Waals surface area contributed by atoms with Crippen LogP contribution in [-0.2, 0) is 0 Å². The van der Waals surface area contributed by atoms with Gasteiger partial charge >= 0.3 is 0 Å². The molecule has 1 aromatic rings. The average Bonchev–Trinajstić information content (AvgIpc) is 2.75. The molecule has 1 unspecified atom stereocenters. The van der Waals surface area contributed by atoms with Crippen molar-refractivity contribution in [3.63, 3.8) is 0 Å². The summed E-state index contributed by atoms with van der Waals surface area (Å²) in [7, 11) is 5.39. The molecular formula is C23H38F2IN5. The molecule has 0 amide bonds. The number of likely N-dealkylation sites (N-methyl/N-ethyl adjacent to an activating group) is 1. The Bertz CT molecular complexity index is 681. The minimum absolute atomic E-state index is 0. The zero-order valence-corrected chi connectivity index (χ0v) is 21.4. The van der Waals surface area contributed by atoms with Crippen LogP contribution in [0.15, 0.2) is 23.2 Å². The summed E-state index contributed by atoms with van der Waals surface area (Å²) in [6.07, 6.45) is 9.01. The summed E-state index contributed by atoms with van der Waals surface area (Å²) >= 11 is 0. The fraction of sp³-hybridized carbons (Fsp3) is 0.696. The second kappa shape index (κ2) is 12.9. The van der Waals surface area contributed by atoms with Crippen LogP contribution in [0, 0.1) is 11.6 Å². The SMILES string of the molecule is CN=C(NCC(c1c(F)cccc1F)N(C)C)NC1CCN(C2CCCCC2)CC1.I. The number of hydrogen-bond acceptors (Lipinski definition) is 3. The standard InChI is InChI=1S/C23H37F2N5.HI/c1-26-23(27-16-21(29(2)3)22-19(24)10-7-11-20(22)25)28-17-12-14-30(15-13-17)18-8-5-4-6-9-18;/h7,10-11,17-18,21H,4-6,8-9,12-16H2,1-3H3,(H2,26,27,28);1H. The number of benzene rings is 1. The molecule has 176 valence electrons. The molecule has 8 heteroatoms. The molecule has 0 spiro atoms. The van der Waals surface area contributed by atoms with E-state index < -0.39 is 17.7 Å². The second-order valence-electron chi connectivity index (χ2n) is 8.81. The van der Waals surface area contributed by atoms with E-state index in [0.29, 0.717) is 18.5 Å². The average molecular weight is 549 g/mol. The van der Waals surface area contributed by atoms with Crippen LogP contribution in [0.4, 0.5) is 8.78 Å². The van der Waals surface area contributed by atoms with Crippen molar-refractivity contribution in [2.75, 3.05) is 40.8 Å². The van der Waals surface area contributed by atoms with Gasteiger partial charge in [-0.2, -0.15) is 0 Å². The van der Waals surface area contributed by atoms with Gasteiger partial charge in [0.1, 0.15) is 11.6 Å². The summed E-state index contributed by atoms with van der Waals surface area (Å²) in [6, 6.07) is 4.73. The Balaban J connectivity index is 0.00000341. The largest absolute Gasteiger partial charge is 0.354 e. The van der Waals surface area contributed by atoms with Crippen molar-refractivity contribution >= 4 is 29.9 Å². The summed E-state index contributed by atoms with van der Waals surface area (Å²) in [6.45, 7) is 2.62. The van der Waals surface area contributed by atoms with Gasteiger partial charge in [-0.05, 0) is 51.9 Å². The number of aliphatic imine (C=N–C) groups is 1. The van der Waals surface area contributed by atoms with Crippen molar-refractivity contribution in [2.45, 2.75) is 63.1 Å². The smallest absolute Gasteiger partial charge is 0.191 e. The lowest BCUT2D eigenvalue weighted by atomic mass is 9.92. The van der Waals surface area contributed by atoms with Gasteiger partial charge in [-0.15, -0.1) is 24.0 Å². The van der Waals surface area contributed by atoms with Crippen LogP contribution in [0.3, 0.4) is 0 Å². The lowest BCUT2D eigenvalue weighted by molar-refractivity contribution is 0.119. The van der Waals surface area contributed by atoms with E-state index in [4.69, 9.17) is 0 Å². The number of nitrogens with one attached hydrogen (secondary N) is 2. The molecule has 5 nitrogen and oxygen atoms in total. The Morgan fingerprint density at radius 3 is 2.26 bits per heavy atom. The molecule has 1 saturated heterocycles. The van der Waals surface area contributed by atoms with Crippen LogP contribution in [0.5, 0.6) is 0 Å². The van der Waals surface area contributed by atoms with Gasteiger partial charge in [0.15, 0.2) is 5.96 Å². The fourth-order valence-corrected chi connectivity index (χ4v) is 4.81. The minimum Gasteiger partial charge on any atom is -0.354 e. The van der Waals surface area contributed by atoms with Crippen LogP contribution >= 0.6 is 24.0 Å². The predicted octanol–water partition coefficient (Wildman–Crippen LogP) is 4.15. The molecular weight excluding hydrogens is 511 g/mol. The monoisotopic (exact) mass is 549 g/mol. The van der Waals surface area contributed by atoms with Crippen molar-refractivity contribution in [1.29, 1.82) is 0 Å². The molecule has 3 rings (SSSR count). The van der Waals surface area contributed by atoms with Gasteiger partial charge < -0.3 is 20.4 Å². The maximum absolute atomic E-state index is 14.3. The third kappa shape index (κ3) is 7.25. The summed E-state index contributed by atoms with van der Waals surface area (Å²) in [5, 5.41) is 6.79. The second-order valence-corrected chi connectivity index (χ2v) is 8.81. The van der Waals surface area contributed by atoms with Crippen LogP contribution in [0.25, 0.3) is 0 Å². The summed E-state index contributed by atoms with van der Waals surface area (Å²) < 4.78 is 28.6. The van der Waals surface area contributed by atoms with E-state index in [0.717, 1.165) is 32.0 Å². The highest BCUT2D eigenvalue weighted by Crippen LogP contribution is 2.26. The highest BCUT2D eigenvalue weighted by Gasteiger charge is 2.27. The molecule has 0 aromatic heterocycles. The lowest BCUT2D eigenvalue weighted by Gasteiger charge is -2.39. The first-order valence-corrected chi connectivity index (χ1v) is 11.3. The van der Waals surface area contributed by atoms with E-state index in [1.165, 1.54) is 50.3 Å². The van der Waals surface area contributed by atoms with Crippen LogP contribution in [0.1, 0.15) is 56.6 Å². The predicted molar refractivity (Wildman–Crippen MR) is 134 cm³/mol. The van der Waals surface area contributed by atoms with Gasteiger partial charge in [0.25, 0.3) is 0 Å². The third-order valence-corrected chi connectivity index (χ3v) is 6.60. The third-order valence-electron chi connectivity index (χ3n) is 6.60. The number of likely N-dealkylation sites (tertiary alicyclic amines) is 1. The van der Waals surface area contributed by atoms with Gasteiger partial charge in [0, 0.05) is 44.3 Å². The molecule has 2 aliphatic rings. The van der Waals surface area contributed by atoms with E-state index in [9.17, 15) is 8.78 Å². The van der Waals surface area contributed by atoms with E-state index >= 15 is 0 Å². The van der Waals surface area contributed by atoms with Gasteiger partial charge in [0.05, 0.1) is 6.04 Å². The molecule has 2 fully saturated rings. The van der Waals surface area contributed by atoms with Gasteiger partial charge in [-0.25, -0.2) is 8.78 Å². The number of guanidine groups is 1. The maximum atomic E-state index is 14.3. The molecule has 1 saturated carbocycles. The maximum Gasteiger partial charge on any atom is 0.191 e. The fourth-order valence-electron chi connectivity index (χ4n) is 4.81. The zero-order chi connectivity index (χ0) is 21.5. The van der Waals surface area contributed by atoms with E-state index in [2.05, 4.69) is 20.5 Å². The number of nitrogens with zero attached hydrogens (tertiary/aromatic N) is 3. The first-order chi connectivity index (χ1) is 14.5. The molecule has 1 aromatic carbocycles. The zero-order valence-electron chi connectivity index (χ0n) is 19.0. The van der Waals surface area contributed by atoms with Crippen molar-refractivity contribution in [3.05, 3.63) is 35.4 Å². The quantitative estimate of drug-likeness (QED) is 0.318. The summed E-state index contributed by atoms with van der Waals surface area (Å²) in [4.78, 5) is 8.82. The molecule has 1 aliphatic carbocycles. The Labute approximate surface area is 203 Å². The topological polar surface area (TPSA) is 42.9 Å². The summed E-state index contributed by atoms with van der Waals surface area (Å²) in [5.74, 6) is -0.350. The lowest BCUT2D eigenvalue weighted by Crippen LogP contribution is -2.51.